The molecule has 1 aliphatic rings. The highest BCUT2D eigenvalue weighted by molar-refractivity contribution is 5.85. The number of carbonyl (C=O) groups excluding carboxylic acids is 1. The Labute approximate surface area is 152 Å². The molecule has 2 atom stereocenters. The SMILES string of the molecule is Cc1ccccc1CCNC(=O)C(C)N1CCC(N)C(C)(C)C1.Cl. The van der Waals surface area contributed by atoms with Gasteiger partial charge in [-0.25, -0.2) is 0 Å². The van der Waals surface area contributed by atoms with Crippen molar-refractivity contribution in [2.75, 3.05) is 19.6 Å². The van der Waals surface area contributed by atoms with Crippen LogP contribution >= 0.6 is 12.4 Å². The number of halogens is 1. The highest BCUT2D eigenvalue weighted by Crippen LogP contribution is 2.28. The zero-order chi connectivity index (χ0) is 17.0. The Morgan fingerprint density at radius 3 is 2.71 bits per heavy atom. The number of rotatable bonds is 5. The van der Waals surface area contributed by atoms with Crippen LogP contribution in [0.15, 0.2) is 24.3 Å². The Morgan fingerprint density at radius 2 is 2.08 bits per heavy atom. The number of benzene rings is 1. The van der Waals surface area contributed by atoms with Gasteiger partial charge in [-0.3, -0.25) is 9.69 Å². The molecule has 2 rings (SSSR count). The average Bonchev–Trinajstić information content (AvgIpc) is 2.51. The molecule has 136 valence electrons. The van der Waals surface area contributed by atoms with E-state index in [0.29, 0.717) is 6.54 Å². The molecule has 0 saturated carbocycles. The average molecular weight is 354 g/mol. The molecular weight excluding hydrogens is 322 g/mol. The van der Waals surface area contributed by atoms with Crippen LogP contribution in [0.5, 0.6) is 0 Å². The summed E-state index contributed by atoms with van der Waals surface area (Å²) in [4.78, 5) is 14.7. The topological polar surface area (TPSA) is 58.4 Å². The number of hydrogen-bond acceptors (Lipinski definition) is 3. The summed E-state index contributed by atoms with van der Waals surface area (Å²) in [5.41, 5.74) is 8.82. The lowest BCUT2D eigenvalue weighted by atomic mass is 9.79. The second kappa shape index (κ2) is 8.84. The fourth-order valence-corrected chi connectivity index (χ4v) is 3.27. The number of hydrogen-bond donors (Lipinski definition) is 2. The minimum absolute atomic E-state index is 0. The largest absolute Gasteiger partial charge is 0.354 e. The Hall–Kier alpha value is -1.10. The van der Waals surface area contributed by atoms with E-state index in [2.05, 4.69) is 43.1 Å². The summed E-state index contributed by atoms with van der Waals surface area (Å²) >= 11 is 0. The van der Waals surface area contributed by atoms with E-state index in [4.69, 9.17) is 5.73 Å². The predicted octanol–water partition coefficient (Wildman–Crippen LogP) is 2.52. The summed E-state index contributed by atoms with van der Waals surface area (Å²) in [6.45, 7) is 10.9. The third-order valence-electron chi connectivity index (χ3n) is 5.22. The van der Waals surface area contributed by atoms with Gasteiger partial charge in [0.2, 0.25) is 5.91 Å². The van der Waals surface area contributed by atoms with Crippen molar-refractivity contribution in [2.24, 2.45) is 11.1 Å². The summed E-state index contributed by atoms with van der Waals surface area (Å²) in [5, 5.41) is 3.08. The Morgan fingerprint density at radius 1 is 1.42 bits per heavy atom. The van der Waals surface area contributed by atoms with Crippen LogP contribution < -0.4 is 11.1 Å². The maximum atomic E-state index is 12.4. The van der Waals surface area contributed by atoms with Crippen LogP contribution in [0.3, 0.4) is 0 Å². The molecule has 1 aromatic carbocycles. The van der Waals surface area contributed by atoms with Gasteiger partial charge in [0, 0.05) is 25.7 Å². The molecule has 1 saturated heterocycles. The smallest absolute Gasteiger partial charge is 0.237 e. The molecule has 1 amide bonds. The van der Waals surface area contributed by atoms with Crippen LogP contribution in [-0.2, 0) is 11.2 Å². The molecule has 1 heterocycles. The quantitative estimate of drug-likeness (QED) is 0.855. The summed E-state index contributed by atoms with van der Waals surface area (Å²) < 4.78 is 0. The number of piperidine rings is 1. The molecule has 1 aliphatic heterocycles. The Bertz CT molecular complexity index is 547. The third-order valence-corrected chi connectivity index (χ3v) is 5.22. The van der Waals surface area contributed by atoms with Crippen LogP contribution in [0, 0.1) is 12.3 Å². The minimum atomic E-state index is -0.0985. The molecule has 4 nitrogen and oxygen atoms in total. The lowest BCUT2D eigenvalue weighted by molar-refractivity contribution is -0.127. The van der Waals surface area contributed by atoms with Crippen molar-refractivity contribution in [3.8, 4) is 0 Å². The first-order valence-corrected chi connectivity index (χ1v) is 8.63. The van der Waals surface area contributed by atoms with Crippen molar-refractivity contribution in [2.45, 2.75) is 52.6 Å². The Kier molecular flexibility index (Phi) is 7.71. The lowest BCUT2D eigenvalue weighted by Crippen LogP contribution is -2.57. The molecule has 3 N–H and O–H groups in total. The number of carbonyl (C=O) groups is 1. The maximum Gasteiger partial charge on any atom is 0.237 e. The molecule has 24 heavy (non-hydrogen) atoms. The van der Waals surface area contributed by atoms with Gasteiger partial charge in [-0.15, -0.1) is 12.4 Å². The zero-order valence-electron chi connectivity index (χ0n) is 15.3. The van der Waals surface area contributed by atoms with Crippen molar-refractivity contribution in [3.05, 3.63) is 35.4 Å². The van der Waals surface area contributed by atoms with Crippen molar-refractivity contribution >= 4 is 18.3 Å². The van der Waals surface area contributed by atoms with Crippen molar-refractivity contribution < 1.29 is 4.79 Å². The van der Waals surface area contributed by atoms with E-state index >= 15 is 0 Å². The second-order valence-electron chi connectivity index (χ2n) is 7.50. The zero-order valence-corrected chi connectivity index (χ0v) is 16.2. The molecule has 5 heteroatoms. The normalized spacial score (nSPS) is 21.6. The van der Waals surface area contributed by atoms with E-state index < -0.39 is 0 Å². The van der Waals surface area contributed by atoms with E-state index in [1.165, 1.54) is 11.1 Å². The van der Waals surface area contributed by atoms with Crippen LogP contribution in [0.4, 0.5) is 0 Å². The number of amides is 1. The summed E-state index contributed by atoms with van der Waals surface area (Å²) in [7, 11) is 0. The molecule has 2 unspecified atom stereocenters. The molecule has 1 fully saturated rings. The van der Waals surface area contributed by atoms with Crippen molar-refractivity contribution in [1.82, 2.24) is 10.2 Å². The molecule has 0 bridgehead atoms. The van der Waals surface area contributed by atoms with E-state index in [-0.39, 0.29) is 35.8 Å². The molecule has 0 aliphatic carbocycles. The second-order valence-corrected chi connectivity index (χ2v) is 7.50. The predicted molar refractivity (Wildman–Crippen MR) is 103 cm³/mol. The lowest BCUT2D eigenvalue weighted by Gasteiger charge is -2.44. The highest BCUT2D eigenvalue weighted by atomic mass is 35.5. The van der Waals surface area contributed by atoms with Crippen LogP contribution in [0.25, 0.3) is 0 Å². The van der Waals surface area contributed by atoms with E-state index in [1.807, 2.05) is 19.1 Å². The van der Waals surface area contributed by atoms with Gasteiger partial charge in [-0.05, 0) is 43.2 Å². The molecular formula is C19H32ClN3O. The number of nitrogens with zero attached hydrogens (tertiary/aromatic N) is 1. The van der Waals surface area contributed by atoms with E-state index in [1.54, 1.807) is 0 Å². The van der Waals surface area contributed by atoms with Gasteiger partial charge < -0.3 is 11.1 Å². The van der Waals surface area contributed by atoms with Gasteiger partial charge in [-0.2, -0.15) is 0 Å². The summed E-state index contributed by atoms with van der Waals surface area (Å²) in [5.74, 6) is 0.116. The maximum absolute atomic E-state index is 12.4. The minimum Gasteiger partial charge on any atom is -0.354 e. The summed E-state index contributed by atoms with van der Waals surface area (Å²) in [6, 6.07) is 8.44. The van der Waals surface area contributed by atoms with E-state index in [0.717, 1.165) is 25.9 Å². The standard InChI is InChI=1S/C19H31N3O.ClH/c1-14-7-5-6-8-16(14)9-11-21-18(23)15(2)22-12-10-17(20)19(3,4)13-22;/h5-8,15,17H,9-13,20H2,1-4H3,(H,21,23);1H. The first kappa shape index (κ1) is 20.9. The van der Waals surface area contributed by atoms with Crippen molar-refractivity contribution in [3.63, 3.8) is 0 Å². The van der Waals surface area contributed by atoms with Gasteiger partial charge in [0.15, 0.2) is 0 Å². The van der Waals surface area contributed by atoms with Crippen molar-refractivity contribution in [1.29, 1.82) is 0 Å². The number of nitrogens with two attached hydrogens (primary N) is 1. The van der Waals surface area contributed by atoms with Crippen LogP contribution in [0.2, 0.25) is 0 Å². The van der Waals surface area contributed by atoms with Gasteiger partial charge in [0.25, 0.3) is 0 Å². The molecule has 0 radical (unpaired) electrons. The Balaban J connectivity index is 0.00000288. The van der Waals surface area contributed by atoms with Crippen LogP contribution in [0.1, 0.15) is 38.3 Å². The van der Waals surface area contributed by atoms with Gasteiger partial charge >= 0.3 is 0 Å². The number of aryl methyl sites for hydroxylation is 1. The van der Waals surface area contributed by atoms with Gasteiger partial charge in [0.05, 0.1) is 6.04 Å². The van der Waals surface area contributed by atoms with Gasteiger partial charge in [-0.1, -0.05) is 38.1 Å². The fourth-order valence-electron chi connectivity index (χ4n) is 3.27. The molecule has 1 aromatic rings. The van der Waals surface area contributed by atoms with E-state index in [9.17, 15) is 4.79 Å². The first-order valence-electron chi connectivity index (χ1n) is 8.63. The molecule has 0 spiro atoms. The fraction of sp³-hybridized carbons (Fsp3) is 0.632. The number of nitrogens with one attached hydrogen (secondary N) is 1. The van der Waals surface area contributed by atoms with Gasteiger partial charge in [0.1, 0.15) is 0 Å². The highest BCUT2D eigenvalue weighted by Gasteiger charge is 2.36. The summed E-state index contributed by atoms with van der Waals surface area (Å²) in [6.07, 6.45) is 1.83. The molecule has 0 aromatic heterocycles. The third kappa shape index (κ3) is 5.20. The first-order chi connectivity index (χ1) is 10.8. The number of likely N-dealkylation sites (tertiary alicyclic amines) is 1. The monoisotopic (exact) mass is 353 g/mol. The van der Waals surface area contributed by atoms with Crippen LogP contribution in [-0.4, -0.2) is 42.5 Å².